The van der Waals surface area contributed by atoms with E-state index in [1.165, 1.54) is 0 Å². The molecule has 1 fully saturated rings. The van der Waals surface area contributed by atoms with Gasteiger partial charge in [0.1, 0.15) is 17.8 Å². The zero-order valence-corrected chi connectivity index (χ0v) is 18.2. The number of amides is 1. The molecule has 6 nitrogen and oxygen atoms in total. The van der Waals surface area contributed by atoms with Gasteiger partial charge in [-0.2, -0.15) is 0 Å². The molecule has 0 aliphatic carbocycles. The van der Waals surface area contributed by atoms with Crippen molar-refractivity contribution >= 4 is 16.9 Å². The monoisotopic (exact) mass is 427 g/mol. The molecule has 6 heteroatoms. The van der Waals surface area contributed by atoms with E-state index in [1.54, 1.807) is 14.2 Å². The van der Waals surface area contributed by atoms with Crippen LogP contribution in [0, 0.1) is 0 Å². The Hall–Kier alpha value is -3.80. The average molecular weight is 428 g/mol. The highest BCUT2D eigenvalue weighted by Crippen LogP contribution is 2.39. The number of aromatic nitrogens is 2. The summed E-state index contributed by atoms with van der Waals surface area (Å²) in [5.74, 6) is 1.56. The van der Waals surface area contributed by atoms with E-state index in [-0.39, 0.29) is 11.9 Å². The number of hydrogen-bond donors (Lipinski definition) is 0. The number of carbonyl (C=O) groups excluding carboxylic acids is 1. The number of carbonyl (C=O) groups is 1. The van der Waals surface area contributed by atoms with E-state index in [0.29, 0.717) is 5.56 Å². The molecule has 0 radical (unpaired) electrons. The first kappa shape index (κ1) is 20.1. The van der Waals surface area contributed by atoms with Crippen LogP contribution in [0.15, 0.2) is 73.1 Å². The first-order valence-electron chi connectivity index (χ1n) is 10.7. The second-order valence-electron chi connectivity index (χ2n) is 7.91. The molecule has 1 aromatic heterocycles. The van der Waals surface area contributed by atoms with E-state index in [4.69, 9.17) is 9.47 Å². The summed E-state index contributed by atoms with van der Waals surface area (Å²) in [6, 6.07) is 21.5. The van der Waals surface area contributed by atoms with Gasteiger partial charge >= 0.3 is 0 Å². The minimum Gasteiger partial charge on any atom is -0.497 e. The van der Waals surface area contributed by atoms with Crippen molar-refractivity contribution in [2.75, 3.05) is 20.8 Å². The molecular formula is C26H25N3O3. The van der Waals surface area contributed by atoms with E-state index in [9.17, 15) is 4.79 Å². The van der Waals surface area contributed by atoms with Crippen molar-refractivity contribution in [2.24, 2.45) is 0 Å². The Labute approximate surface area is 187 Å². The Morgan fingerprint density at radius 1 is 1.00 bits per heavy atom. The molecule has 4 aromatic rings. The highest BCUT2D eigenvalue weighted by Gasteiger charge is 2.32. The van der Waals surface area contributed by atoms with Crippen molar-refractivity contribution in [3.05, 3.63) is 84.2 Å². The van der Waals surface area contributed by atoms with Crippen molar-refractivity contribution in [1.82, 2.24) is 14.5 Å². The predicted molar refractivity (Wildman–Crippen MR) is 124 cm³/mol. The Kier molecular flexibility index (Phi) is 5.27. The number of hydrogen-bond acceptors (Lipinski definition) is 4. The highest BCUT2D eigenvalue weighted by molar-refractivity contribution is 5.95. The van der Waals surface area contributed by atoms with E-state index in [2.05, 4.69) is 4.98 Å². The molecule has 5 rings (SSSR count). The van der Waals surface area contributed by atoms with Crippen molar-refractivity contribution < 1.29 is 14.3 Å². The molecule has 1 atom stereocenters. The van der Waals surface area contributed by atoms with Gasteiger partial charge in [-0.1, -0.05) is 12.1 Å². The summed E-state index contributed by atoms with van der Waals surface area (Å²) in [4.78, 5) is 19.8. The van der Waals surface area contributed by atoms with Crippen molar-refractivity contribution in [1.29, 1.82) is 0 Å². The van der Waals surface area contributed by atoms with Gasteiger partial charge in [-0.3, -0.25) is 9.36 Å². The van der Waals surface area contributed by atoms with Gasteiger partial charge in [0.15, 0.2) is 0 Å². The van der Waals surface area contributed by atoms with Gasteiger partial charge in [-0.25, -0.2) is 4.98 Å². The summed E-state index contributed by atoms with van der Waals surface area (Å²) in [5, 5.41) is 0. The van der Waals surface area contributed by atoms with Crippen LogP contribution in [0.4, 0.5) is 0 Å². The van der Waals surface area contributed by atoms with Gasteiger partial charge < -0.3 is 14.4 Å². The maximum Gasteiger partial charge on any atom is 0.254 e. The summed E-state index contributed by atoms with van der Waals surface area (Å²) < 4.78 is 13.0. The Balaban J connectivity index is 1.43. The molecule has 1 unspecified atom stereocenters. The van der Waals surface area contributed by atoms with E-state index in [1.807, 2.05) is 82.5 Å². The lowest BCUT2D eigenvalue weighted by Gasteiger charge is -2.27. The zero-order chi connectivity index (χ0) is 22.1. The molecule has 1 amide bonds. The lowest BCUT2D eigenvalue weighted by atomic mass is 10.0. The number of methoxy groups -OCH3 is 2. The number of nitrogens with zero attached hydrogens (tertiary/aromatic N) is 3. The maximum absolute atomic E-state index is 13.4. The Morgan fingerprint density at radius 3 is 2.59 bits per heavy atom. The maximum atomic E-state index is 13.4. The summed E-state index contributed by atoms with van der Waals surface area (Å²) in [5.41, 5.74) is 4.62. The molecule has 32 heavy (non-hydrogen) atoms. The molecule has 162 valence electrons. The fourth-order valence-electron chi connectivity index (χ4n) is 4.53. The van der Waals surface area contributed by atoms with Crippen LogP contribution in [0.25, 0.3) is 16.7 Å². The molecule has 1 aliphatic rings. The third kappa shape index (κ3) is 3.47. The van der Waals surface area contributed by atoms with E-state index >= 15 is 0 Å². The third-order valence-corrected chi connectivity index (χ3v) is 6.16. The van der Waals surface area contributed by atoms with Gasteiger partial charge in [0.05, 0.1) is 31.3 Å². The Bertz CT molecular complexity index is 1260. The first-order chi connectivity index (χ1) is 15.7. The molecule has 0 bridgehead atoms. The van der Waals surface area contributed by atoms with Gasteiger partial charge in [0.2, 0.25) is 0 Å². The van der Waals surface area contributed by atoms with Crippen molar-refractivity contribution in [3.63, 3.8) is 0 Å². The van der Waals surface area contributed by atoms with Crippen LogP contribution in [-0.4, -0.2) is 41.1 Å². The minimum atomic E-state index is -0.0372. The largest absolute Gasteiger partial charge is 0.497 e. The number of benzene rings is 3. The van der Waals surface area contributed by atoms with Gasteiger partial charge in [0, 0.05) is 23.4 Å². The summed E-state index contributed by atoms with van der Waals surface area (Å²) in [6.07, 6.45) is 3.66. The average Bonchev–Trinajstić information content (AvgIpc) is 3.51. The summed E-state index contributed by atoms with van der Waals surface area (Å²) in [7, 11) is 3.30. The first-order valence-corrected chi connectivity index (χ1v) is 10.7. The molecule has 0 saturated carbocycles. The van der Waals surface area contributed by atoms with Crippen LogP contribution < -0.4 is 9.47 Å². The van der Waals surface area contributed by atoms with Crippen LogP contribution in [0.5, 0.6) is 11.5 Å². The zero-order valence-electron chi connectivity index (χ0n) is 18.2. The quantitative estimate of drug-likeness (QED) is 0.449. The molecule has 1 aliphatic heterocycles. The lowest BCUT2D eigenvalue weighted by molar-refractivity contribution is 0.0734. The van der Waals surface area contributed by atoms with Crippen molar-refractivity contribution in [2.45, 2.75) is 18.9 Å². The number of ether oxygens (including phenoxy) is 2. The van der Waals surface area contributed by atoms with Crippen molar-refractivity contribution in [3.8, 4) is 17.2 Å². The number of rotatable bonds is 5. The predicted octanol–water partition coefficient (Wildman–Crippen LogP) is 5.02. The van der Waals surface area contributed by atoms with Crippen LogP contribution in [0.3, 0.4) is 0 Å². The summed E-state index contributed by atoms with van der Waals surface area (Å²) >= 11 is 0. The normalized spacial score (nSPS) is 15.8. The van der Waals surface area contributed by atoms with Gasteiger partial charge in [0.25, 0.3) is 5.91 Å². The SMILES string of the molecule is COc1ccc(OC)c(C2CCCN2C(=O)c2ccc(-n3cnc4ccccc43)cc2)c1. The van der Waals surface area contributed by atoms with Crippen LogP contribution in [0.1, 0.15) is 34.8 Å². The van der Waals surface area contributed by atoms with E-state index < -0.39 is 0 Å². The van der Waals surface area contributed by atoms with Gasteiger partial charge in [-0.15, -0.1) is 0 Å². The van der Waals surface area contributed by atoms with Gasteiger partial charge in [-0.05, 0) is 67.4 Å². The van der Waals surface area contributed by atoms with E-state index in [0.717, 1.165) is 53.2 Å². The molecule has 2 heterocycles. The van der Waals surface area contributed by atoms with Crippen LogP contribution in [0.2, 0.25) is 0 Å². The third-order valence-electron chi connectivity index (χ3n) is 6.16. The topological polar surface area (TPSA) is 56.6 Å². The fourth-order valence-corrected chi connectivity index (χ4v) is 4.53. The highest BCUT2D eigenvalue weighted by atomic mass is 16.5. The fraction of sp³-hybridized carbons (Fsp3) is 0.231. The molecule has 0 N–H and O–H groups in total. The number of likely N-dealkylation sites (tertiary alicyclic amines) is 1. The van der Waals surface area contributed by atoms with Crippen LogP contribution >= 0.6 is 0 Å². The standard InChI is InChI=1S/C26H25N3O3/c1-31-20-13-14-25(32-2)21(16-20)23-8-5-15-28(23)26(30)18-9-11-19(12-10-18)29-17-27-22-6-3-4-7-24(22)29/h3-4,6-7,9-14,16-17,23H,5,8,15H2,1-2H3. The lowest BCUT2D eigenvalue weighted by Crippen LogP contribution is -2.30. The molecule has 3 aromatic carbocycles. The second kappa shape index (κ2) is 8.38. The molecular weight excluding hydrogens is 402 g/mol. The minimum absolute atomic E-state index is 0.0272. The molecule has 1 saturated heterocycles. The number of fused-ring (bicyclic) bond motifs is 1. The van der Waals surface area contributed by atoms with Crippen LogP contribution in [-0.2, 0) is 0 Å². The smallest absolute Gasteiger partial charge is 0.254 e. The molecule has 0 spiro atoms. The number of para-hydroxylation sites is 2. The second-order valence-corrected chi connectivity index (χ2v) is 7.91. The number of imidazole rings is 1. The summed E-state index contributed by atoms with van der Waals surface area (Å²) in [6.45, 7) is 0.720. The Morgan fingerprint density at radius 2 is 1.81 bits per heavy atom.